The number of nitrogens with zero attached hydrogens (tertiary/aromatic N) is 1. The van der Waals surface area contributed by atoms with Crippen LogP contribution in [0.2, 0.25) is 0 Å². The molecule has 1 amide bonds. The minimum atomic E-state index is 0.157. The summed E-state index contributed by atoms with van der Waals surface area (Å²) in [7, 11) is 0. The van der Waals surface area contributed by atoms with Gasteiger partial charge < -0.3 is 4.90 Å². The zero-order chi connectivity index (χ0) is 10.3. The maximum absolute atomic E-state index is 11.0. The Morgan fingerprint density at radius 1 is 1.00 bits per heavy atom. The highest BCUT2D eigenvalue weighted by atomic mass is 16.2. The van der Waals surface area contributed by atoms with Crippen molar-refractivity contribution >= 4 is 5.91 Å². The van der Waals surface area contributed by atoms with E-state index in [-0.39, 0.29) is 5.91 Å². The van der Waals surface area contributed by atoms with E-state index in [0.29, 0.717) is 12.1 Å². The van der Waals surface area contributed by atoms with Gasteiger partial charge in [0.1, 0.15) is 0 Å². The lowest BCUT2D eigenvalue weighted by Gasteiger charge is -2.29. The van der Waals surface area contributed by atoms with Crippen LogP contribution in [-0.2, 0) is 4.79 Å². The van der Waals surface area contributed by atoms with Crippen LogP contribution in [0.3, 0.4) is 0 Å². The average molecular weight is 173 g/mol. The second kappa shape index (κ2) is 7.14. The van der Waals surface area contributed by atoms with Crippen molar-refractivity contribution in [2.45, 2.75) is 60.5 Å². The number of carbonyl (C=O) groups is 1. The Balaban J connectivity index is 0. The monoisotopic (exact) mass is 173 g/mol. The number of rotatable bonds is 2. The highest BCUT2D eigenvalue weighted by molar-refractivity contribution is 5.73. The molecule has 74 valence electrons. The van der Waals surface area contributed by atoms with E-state index in [1.807, 2.05) is 46.4 Å². The lowest BCUT2D eigenvalue weighted by Crippen LogP contribution is -2.40. The highest BCUT2D eigenvalue weighted by Gasteiger charge is 2.14. The van der Waals surface area contributed by atoms with Crippen molar-refractivity contribution in [3.8, 4) is 0 Å². The highest BCUT2D eigenvalue weighted by Crippen LogP contribution is 2.04. The fraction of sp³-hybridized carbons (Fsp3) is 0.900. The quantitative estimate of drug-likeness (QED) is 0.628. The molecule has 0 N–H and O–H groups in total. The maximum Gasteiger partial charge on any atom is 0.219 e. The summed E-state index contributed by atoms with van der Waals surface area (Å²) in [6.07, 6.45) is 0. The van der Waals surface area contributed by atoms with Crippen LogP contribution in [0.1, 0.15) is 48.5 Å². The van der Waals surface area contributed by atoms with Crippen molar-refractivity contribution in [1.82, 2.24) is 4.90 Å². The molecule has 0 aromatic heterocycles. The molecule has 0 saturated carbocycles. The average Bonchev–Trinajstić information content (AvgIpc) is 1.88. The predicted octanol–water partition coefficient (Wildman–Crippen LogP) is 2.68. The molecule has 0 aromatic rings. The Bertz CT molecular complexity index is 111. The lowest BCUT2D eigenvalue weighted by molar-refractivity contribution is -0.132. The predicted molar refractivity (Wildman–Crippen MR) is 54.1 cm³/mol. The maximum atomic E-state index is 11.0. The van der Waals surface area contributed by atoms with Crippen LogP contribution in [0.25, 0.3) is 0 Å². The third-order valence-electron chi connectivity index (χ3n) is 1.48. The molecule has 2 heteroatoms. The minimum absolute atomic E-state index is 0.157. The van der Waals surface area contributed by atoms with Crippen LogP contribution < -0.4 is 0 Å². The first-order valence-corrected chi connectivity index (χ1v) is 4.75. The van der Waals surface area contributed by atoms with Gasteiger partial charge in [-0.05, 0) is 27.7 Å². The van der Waals surface area contributed by atoms with Crippen molar-refractivity contribution < 1.29 is 4.79 Å². The second-order valence-corrected chi connectivity index (χ2v) is 3.11. The summed E-state index contributed by atoms with van der Waals surface area (Å²) in [6.45, 7) is 13.7. The molecule has 12 heavy (non-hydrogen) atoms. The standard InChI is InChI=1S/C8H17NO.C2H6/c1-6(2)9(7(3)4)8(5)10;1-2/h6-7H,1-5H3;1-2H3. The summed E-state index contributed by atoms with van der Waals surface area (Å²) >= 11 is 0. The third-order valence-corrected chi connectivity index (χ3v) is 1.48. The van der Waals surface area contributed by atoms with Gasteiger partial charge in [0.15, 0.2) is 0 Å². The fourth-order valence-electron chi connectivity index (χ4n) is 1.32. The molecule has 0 rings (SSSR count). The zero-order valence-corrected chi connectivity index (χ0v) is 9.51. The van der Waals surface area contributed by atoms with E-state index in [9.17, 15) is 4.79 Å². The summed E-state index contributed by atoms with van der Waals surface area (Å²) in [4.78, 5) is 12.8. The van der Waals surface area contributed by atoms with Crippen molar-refractivity contribution in [1.29, 1.82) is 0 Å². The number of amides is 1. The summed E-state index contributed by atoms with van der Waals surface area (Å²) < 4.78 is 0. The van der Waals surface area contributed by atoms with Crippen molar-refractivity contribution in [3.63, 3.8) is 0 Å². The first-order chi connectivity index (χ1) is 5.46. The Morgan fingerprint density at radius 2 is 1.25 bits per heavy atom. The van der Waals surface area contributed by atoms with Gasteiger partial charge in [0.05, 0.1) is 0 Å². The molecular formula is C10H23NO. The van der Waals surface area contributed by atoms with Crippen LogP contribution in [0.5, 0.6) is 0 Å². The van der Waals surface area contributed by atoms with Crippen LogP contribution in [0.4, 0.5) is 0 Å². The fourth-order valence-corrected chi connectivity index (χ4v) is 1.32. The molecule has 0 radical (unpaired) electrons. The third kappa shape index (κ3) is 5.16. The smallest absolute Gasteiger partial charge is 0.219 e. The van der Waals surface area contributed by atoms with Crippen LogP contribution in [0, 0.1) is 0 Å². The van der Waals surface area contributed by atoms with Gasteiger partial charge in [-0.25, -0.2) is 0 Å². The van der Waals surface area contributed by atoms with Gasteiger partial charge in [-0.15, -0.1) is 0 Å². The van der Waals surface area contributed by atoms with E-state index in [1.165, 1.54) is 0 Å². The summed E-state index contributed by atoms with van der Waals surface area (Å²) in [6, 6.07) is 0.634. The Kier molecular flexibility index (Phi) is 8.34. The first-order valence-electron chi connectivity index (χ1n) is 4.75. The largest absolute Gasteiger partial charge is 0.338 e. The molecule has 0 aliphatic rings. The molecule has 0 bridgehead atoms. The Labute approximate surface area is 77.0 Å². The van der Waals surface area contributed by atoms with E-state index in [4.69, 9.17) is 0 Å². The van der Waals surface area contributed by atoms with Crippen molar-refractivity contribution in [2.24, 2.45) is 0 Å². The molecule has 0 spiro atoms. The number of hydrogen-bond donors (Lipinski definition) is 0. The second-order valence-electron chi connectivity index (χ2n) is 3.11. The van der Waals surface area contributed by atoms with E-state index < -0.39 is 0 Å². The summed E-state index contributed by atoms with van der Waals surface area (Å²) in [5.74, 6) is 0.157. The van der Waals surface area contributed by atoms with Gasteiger partial charge in [0.2, 0.25) is 5.91 Å². The molecule has 0 fully saturated rings. The molecule has 0 atom stereocenters. The lowest BCUT2D eigenvalue weighted by atomic mass is 10.2. The molecule has 0 aliphatic heterocycles. The minimum Gasteiger partial charge on any atom is -0.338 e. The zero-order valence-electron chi connectivity index (χ0n) is 9.51. The van der Waals surface area contributed by atoms with Gasteiger partial charge in [-0.2, -0.15) is 0 Å². The topological polar surface area (TPSA) is 20.3 Å². The van der Waals surface area contributed by atoms with Crippen LogP contribution >= 0.6 is 0 Å². The molecular weight excluding hydrogens is 150 g/mol. The van der Waals surface area contributed by atoms with E-state index in [0.717, 1.165) is 0 Å². The van der Waals surface area contributed by atoms with Crippen LogP contribution in [0.15, 0.2) is 0 Å². The van der Waals surface area contributed by atoms with E-state index in [2.05, 4.69) is 0 Å². The van der Waals surface area contributed by atoms with Gasteiger partial charge in [-0.3, -0.25) is 4.79 Å². The molecule has 0 heterocycles. The molecule has 0 aliphatic carbocycles. The van der Waals surface area contributed by atoms with Crippen molar-refractivity contribution in [2.75, 3.05) is 0 Å². The molecule has 0 aromatic carbocycles. The van der Waals surface area contributed by atoms with Gasteiger partial charge >= 0.3 is 0 Å². The van der Waals surface area contributed by atoms with E-state index in [1.54, 1.807) is 6.92 Å². The van der Waals surface area contributed by atoms with Gasteiger partial charge in [0.25, 0.3) is 0 Å². The number of carbonyl (C=O) groups excluding carboxylic acids is 1. The Hall–Kier alpha value is -0.530. The van der Waals surface area contributed by atoms with Gasteiger partial charge in [0, 0.05) is 19.0 Å². The molecule has 0 saturated heterocycles. The van der Waals surface area contributed by atoms with Gasteiger partial charge in [-0.1, -0.05) is 13.8 Å². The summed E-state index contributed by atoms with van der Waals surface area (Å²) in [5.41, 5.74) is 0. The summed E-state index contributed by atoms with van der Waals surface area (Å²) in [5, 5.41) is 0. The first kappa shape index (κ1) is 14.0. The number of hydrogen-bond acceptors (Lipinski definition) is 1. The normalized spacial score (nSPS) is 9.42. The molecule has 2 nitrogen and oxygen atoms in total. The Morgan fingerprint density at radius 3 is 1.25 bits per heavy atom. The molecule has 0 unspecified atom stereocenters. The van der Waals surface area contributed by atoms with Crippen molar-refractivity contribution in [3.05, 3.63) is 0 Å². The van der Waals surface area contributed by atoms with E-state index >= 15 is 0 Å². The van der Waals surface area contributed by atoms with Crippen LogP contribution in [-0.4, -0.2) is 22.9 Å². The SMILES string of the molecule is CC.CC(=O)N(C(C)C)C(C)C.